The van der Waals surface area contributed by atoms with E-state index in [1.54, 1.807) is 0 Å². The molecule has 2 rings (SSSR count). The second-order valence-electron chi connectivity index (χ2n) is 3.97. The summed E-state index contributed by atoms with van der Waals surface area (Å²) < 4.78 is 39.3. The van der Waals surface area contributed by atoms with Gasteiger partial charge in [0.25, 0.3) is 0 Å². The van der Waals surface area contributed by atoms with Crippen molar-refractivity contribution in [2.75, 3.05) is 5.32 Å². The molecule has 0 bridgehead atoms. The van der Waals surface area contributed by atoms with E-state index in [0.717, 1.165) is 12.1 Å². The number of hydrogen-bond donors (Lipinski definition) is 2. The van der Waals surface area contributed by atoms with Crippen LogP contribution in [-0.4, -0.2) is 5.11 Å². The van der Waals surface area contributed by atoms with E-state index in [0.29, 0.717) is 0 Å². The molecule has 0 aliphatic carbocycles. The van der Waals surface area contributed by atoms with E-state index in [4.69, 9.17) is 23.2 Å². The summed E-state index contributed by atoms with van der Waals surface area (Å²) in [5.74, 6) is -4.36. The maximum Gasteiger partial charge on any atom is 0.194 e. The molecule has 0 aliphatic heterocycles. The number of phenolic OH excluding ortho intramolecular Hbond substituents is 1. The number of anilines is 1. The number of benzene rings is 2. The van der Waals surface area contributed by atoms with Crippen LogP contribution >= 0.6 is 23.2 Å². The molecule has 0 unspecified atom stereocenters. The van der Waals surface area contributed by atoms with Crippen molar-refractivity contribution in [2.24, 2.45) is 0 Å². The normalized spacial score (nSPS) is 10.7. The molecule has 106 valence electrons. The molecule has 7 heteroatoms. The minimum atomic E-state index is -1.54. The molecule has 2 nitrogen and oxygen atoms in total. The average Bonchev–Trinajstić information content (AvgIpc) is 2.40. The Bertz CT molecular complexity index is 665. The Morgan fingerprint density at radius 2 is 1.75 bits per heavy atom. The molecule has 0 aliphatic rings. The van der Waals surface area contributed by atoms with Crippen LogP contribution in [0.5, 0.6) is 5.75 Å². The quantitative estimate of drug-likeness (QED) is 0.632. The number of phenols is 1. The van der Waals surface area contributed by atoms with Crippen molar-refractivity contribution in [3.63, 3.8) is 0 Å². The highest BCUT2D eigenvalue weighted by molar-refractivity contribution is 6.36. The van der Waals surface area contributed by atoms with Crippen molar-refractivity contribution in [1.82, 2.24) is 0 Å². The average molecular weight is 322 g/mol. The summed E-state index contributed by atoms with van der Waals surface area (Å²) in [5.41, 5.74) is 0.0611. The van der Waals surface area contributed by atoms with Crippen LogP contribution in [0.2, 0.25) is 10.0 Å². The molecular weight excluding hydrogens is 314 g/mol. The second-order valence-corrected chi connectivity index (χ2v) is 4.82. The van der Waals surface area contributed by atoms with Crippen LogP contribution < -0.4 is 5.32 Å². The molecule has 2 aromatic rings. The lowest BCUT2D eigenvalue weighted by Crippen LogP contribution is -2.05. The Morgan fingerprint density at radius 1 is 1.05 bits per heavy atom. The number of rotatable bonds is 3. The summed E-state index contributed by atoms with van der Waals surface area (Å²) in [6.07, 6.45) is 0. The van der Waals surface area contributed by atoms with Crippen LogP contribution in [0.25, 0.3) is 0 Å². The third-order valence-electron chi connectivity index (χ3n) is 2.61. The van der Waals surface area contributed by atoms with Crippen molar-refractivity contribution >= 4 is 28.9 Å². The maximum absolute atomic E-state index is 13.5. The van der Waals surface area contributed by atoms with Gasteiger partial charge in [0.15, 0.2) is 23.2 Å². The monoisotopic (exact) mass is 321 g/mol. The zero-order valence-electron chi connectivity index (χ0n) is 9.85. The summed E-state index contributed by atoms with van der Waals surface area (Å²) in [6, 6.07) is 4.63. The van der Waals surface area contributed by atoms with E-state index in [-0.39, 0.29) is 33.6 Å². The molecule has 0 aromatic heterocycles. The van der Waals surface area contributed by atoms with Gasteiger partial charge in [0.05, 0.1) is 10.7 Å². The summed E-state index contributed by atoms with van der Waals surface area (Å²) in [7, 11) is 0. The van der Waals surface area contributed by atoms with Crippen LogP contribution in [0.15, 0.2) is 24.3 Å². The van der Waals surface area contributed by atoms with E-state index < -0.39 is 17.5 Å². The Kier molecular flexibility index (Phi) is 4.30. The van der Waals surface area contributed by atoms with E-state index in [2.05, 4.69) is 5.32 Å². The Morgan fingerprint density at radius 3 is 2.45 bits per heavy atom. The van der Waals surface area contributed by atoms with Gasteiger partial charge in [-0.1, -0.05) is 29.3 Å². The Labute approximate surface area is 122 Å². The summed E-state index contributed by atoms with van der Waals surface area (Å²) >= 11 is 11.5. The SMILES string of the molecule is Oc1c(Cl)cc(Cl)cc1NCc1ccc(F)c(F)c1F. The zero-order valence-corrected chi connectivity index (χ0v) is 11.4. The van der Waals surface area contributed by atoms with Crippen LogP contribution in [0.4, 0.5) is 18.9 Å². The Hall–Kier alpha value is -1.59. The molecular formula is C13H8Cl2F3NO. The van der Waals surface area contributed by atoms with Gasteiger partial charge in [-0.3, -0.25) is 0 Å². The topological polar surface area (TPSA) is 32.3 Å². The lowest BCUT2D eigenvalue weighted by molar-refractivity contribution is 0.441. The fourth-order valence-corrected chi connectivity index (χ4v) is 2.09. The molecule has 2 aromatic carbocycles. The van der Waals surface area contributed by atoms with Crippen molar-refractivity contribution in [1.29, 1.82) is 0 Å². The van der Waals surface area contributed by atoms with Gasteiger partial charge in [0.1, 0.15) is 0 Å². The van der Waals surface area contributed by atoms with Crippen LogP contribution in [0, 0.1) is 17.5 Å². The fraction of sp³-hybridized carbons (Fsp3) is 0.0769. The molecule has 20 heavy (non-hydrogen) atoms. The first-order valence-electron chi connectivity index (χ1n) is 5.44. The molecule has 0 amide bonds. The zero-order chi connectivity index (χ0) is 14.9. The maximum atomic E-state index is 13.5. The molecule has 0 radical (unpaired) electrons. The van der Waals surface area contributed by atoms with E-state index >= 15 is 0 Å². The number of aromatic hydroxyl groups is 1. The van der Waals surface area contributed by atoms with Gasteiger partial charge in [-0.05, 0) is 18.2 Å². The van der Waals surface area contributed by atoms with Crippen LogP contribution in [-0.2, 0) is 6.54 Å². The molecule has 0 saturated heterocycles. The van der Waals surface area contributed by atoms with Gasteiger partial charge in [0, 0.05) is 17.1 Å². The third kappa shape index (κ3) is 2.94. The highest BCUT2D eigenvalue weighted by Crippen LogP contribution is 2.35. The minimum absolute atomic E-state index is 0.0192. The summed E-state index contributed by atoms with van der Waals surface area (Å²) in [6.45, 7) is -0.173. The van der Waals surface area contributed by atoms with E-state index in [9.17, 15) is 18.3 Å². The van der Waals surface area contributed by atoms with Crippen molar-refractivity contribution < 1.29 is 18.3 Å². The van der Waals surface area contributed by atoms with Gasteiger partial charge < -0.3 is 10.4 Å². The van der Waals surface area contributed by atoms with E-state index in [1.165, 1.54) is 12.1 Å². The molecule has 0 heterocycles. The molecule has 0 fully saturated rings. The van der Waals surface area contributed by atoms with Crippen molar-refractivity contribution in [2.45, 2.75) is 6.54 Å². The molecule has 0 spiro atoms. The second kappa shape index (κ2) is 5.81. The first kappa shape index (κ1) is 14.8. The van der Waals surface area contributed by atoms with Crippen molar-refractivity contribution in [3.8, 4) is 5.75 Å². The third-order valence-corrected chi connectivity index (χ3v) is 3.12. The standard InChI is InChI=1S/C13H8Cl2F3NO/c14-7-3-8(15)13(20)10(4-7)19-5-6-1-2-9(16)12(18)11(6)17/h1-4,19-20H,5H2. The minimum Gasteiger partial charge on any atom is -0.504 e. The highest BCUT2D eigenvalue weighted by atomic mass is 35.5. The van der Waals surface area contributed by atoms with Crippen LogP contribution in [0.1, 0.15) is 5.56 Å². The molecule has 0 atom stereocenters. The smallest absolute Gasteiger partial charge is 0.194 e. The first-order valence-corrected chi connectivity index (χ1v) is 6.20. The van der Waals surface area contributed by atoms with Gasteiger partial charge in [-0.15, -0.1) is 0 Å². The lowest BCUT2D eigenvalue weighted by Gasteiger charge is -2.11. The van der Waals surface area contributed by atoms with Gasteiger partial charge in [-0.25, -0.2) is 13.2 Å². The molecule has 0 saturated carbocycles. The number of halogens is 5. The fourth-order valence-electron chi connectivity index (χ4n) is 1.59. The summed E-state index contributed by atoms with van der Waals surface area (Å²) in [5, 5.41) is 12.6. The first-order chi connectivity index (χ1) is 9.40. The molecule has 2 N–H and O–H groups in total. The predicted octanol–water partition coefficient (Wildman–Crippen LogP) is 4.73. The highest BCUT2D eigenvalue weighted by Gasteiger charge is 2.14. The van der Waals surface area contributed by atoms with Crippen LogP contribution in [0.3, 0.4) is 0 Å². The number of hydrogen-bond acceptors (Lipinski definition) is 2. The predicted molar refractivity (Wildman–Crippen MR) is 71.8 cm³/mol. The summed E-state index contributed by atoms with van der Waals surface area (Å²) in [4.78, 5) is 0. The lowest BCUT2D eigenvalue weighted by atomic mass is 10.2. The van der Waals surface area contributed by atoms with Gasteiger partial charge in [-0.2, -0.15) is 0 Å². The Balaban J connectivity index is 2.24. The number of nitrogens with one attached hydrogen (secondary N) is 1. The van der Waals surface area contributed by atoms with Gasteiger partial charge in [0.2, 0.25) is 0 Å². The van der Waals surface area contributed by atoms with Crippen molar-refractivity contribution in [3.05, 3.63) is 57.3 Å². The van der Waals surface area contributed by atoms with E-state index in [1.807, 2.05) is 0 Å². The van der Waals surface area contributed by atoms with Gasteiger partial charge >= 0.3 is 0 Å². The largest absolute Gasteiger partial charge is 0.504 e.